The molecule has 1 aromatic rings. The predicted molar refractivity (Wildman–Crippen MR) is 75.8 cm³/mol. The van der Waals surface area contributed by atoms with E-state index < -0.39 is 17.9 Å². The number of carbonyl (C=O) groups is 2. The molecule has 6 heteroatoms. The molecule has 21 heavy (non-hydrogen) atoms. The third-order valence-electron chi connectivity index (χ3n) is 3.02. The van der Waals surface area contributed by atoms with Crippen LogP contribution in [0.3, 0.4) is 0 Å². The zero-order valence-electron chi connectivity index (χ0n) is 11.5. The fraction of sp³-hybridized carbons (Fsp3) is 0.333. The van der Waals surface area contributed by atoms with Gasteiger partial charge in [0, 0.05) is 12.0 Å². The SMILES string of the molecule is C=CCC(NC(=O)c1ccc2c(c1)OCCCO2)C(=O)O. The molecule has 1 amide bonds. The van der Waals surface area contributed by atoms with Gasteiger partial charge in [0.15, 0.2) is 11.5 Å². The van der Waals surface area contributed by atoms with Crippen molar-refractivity contribution >= 4 is 11.9 Å². The van der Waals surface area contributed by atoms with Crippen LogP contribution < -0.4 is 14.8 Å². The number of fused-ring (bicyclic) bond motifs is 1. The number of hydrogen-bond donors (Lipinski definition) is 2. The van der Waals surface area contributed by atoms with Gasteiger partial charge in [-0.1, -0.05) is 6.08 Å². The molecule has 2 N–H and O–H groups in total. The first-order chi connectivity index (χ1) is 10.1. The number of rotatable bonds is 5. The van der Waals surface area contributed by atoms with Gasteiger partial charge in [0.1, 0.15) is 6.04 Å². The molecule has 0 aromatic heterocycles. The summed E-state index contributed by atoms with van der Waals surface area (Å²) in [7, 11) is 0. The second-order valence-corrected chi connectivity index (χ2v) is 4.60. The first-order valence-corrected chi connectivity index (χ1v) is 6.66. The number of nitrogens with one attached hydrogen (secondary N) is 1. The second kappa shape index (κ2) is 6.78. The van der Waals surface area contributed by atoms with E-state index in [9.17, 15) is 9.59 Å². The van der Waals surface area contributed by atoms with Crippen LogP contribution in [-0.2, 0) is 4.79 Å². The Morgan fingerprint density at radius 2 is 2.05 bits per heavy atom. The lowest BCUT2D eigenvalue weighted by Crippen LogP contribution is -2.40. The van der Waals surface area contributed by atoms with E-state index in [1.807, 2.05) is 0 Å². The highest BCUT2D eigenvalue weighted by molar-refractivity contribution is 5.97. The van der Waals surface area contributed by atoms with Gasteiger partial charge in [0.25, 0.3) is 5.91 Å². The van der Waals surface area contributed by atoms with Crippen LogP contribution in [-0.4, -0.2) is 36.2 Å². The van der Waals surface area contributed by atoms with E-state index >= 15 is 0 Å². The maximum atomic E-state index is 12.1. The summed E-state index contributed by atoms with van der Waals surface area (Å²) in [6.45, 7) is 4.57. The zero-order valence-corrected chi connectivity index (χ0v) is 11.5. The molecule has 1 aliphatic rings. The molecule has 1 aliphatic heterocycles. The fourth-order valence-corrected chi connectivity index (χ4v) is 1.93. The minimum Gasteiger partial charge on any atom is -0.490 e. The molecule has 0 aliphatic carbocycles. The number of carboxylic acids is 1. The van der Waals surface area contributed by atoms with Gasteiger partial charge in [0.2, 0.25) is 0 Å². The summed E-state index contributed by atoms with van der Waals surface area (Å²) in [5, 5.41) is 11.5. The predicted octanol–water partition coefficient (Wildman–Crippen LogP) is 1.61. The molecule has 1 unspecified atom stereocenters. The van der Waals surface area contributed by atoms with E-state index in [1.165, 1.54) is 6.08 Å². The molecule has 0 saturated carbocycles. The summed E-state index contributed by atoms with van der Waals surface area (Å²) < 4.78 is 11.0. The Balaban J connectivity index is 2.13. The quantitative estimate of drug-likeness (QED) is 0.805. The largest absolute Gasteiger partial charge is 0.490 e. The standard InChI is InChI=1S/C15H17NO5/c1-2-4-11(15(18)19)16-14(17)10-5-6-12-13(9-10)21-8-3-7-20-12/h2,5-6,9,11H,1,3-4,7-8H2,(H,16,17)(H,18,19). The van der Waals surface area contributed by atoms with E-state index in [0.29, 0.717) is 30.3 Å². The van der Waals surface area contributed by atoms with Crippen molar-refractivity contribution in [2.45, 2.75) is 18.9 Å². The van der Waals surface area contributed by atoms with Crippen molar-refractivity contribution in [2.24, 2.45) is 0 Å². The Hall–Kier alpha value is -2.50. The number of hydrogen-bond acceptors (Lipinski definition) is 4. The van der Waals surface area contributed by atoms with Gasteiger partial charge in [-0.25, -0.2) is 4.79 Å². The Labute approximate surface area is 122 Å². The van der Waals surface area contributed by atoms with Crippen molar-refractivity contribution in [3.05, 3.63) is 36.4 Å². The maximum Gasteiger partial charge on any atom is 0.326 e. The lowest BCUT2D eigenvalue weighted by atomic mass is 10.1. The molecule has 0 radical (unpaired) electrons. The fourth-order valence-electron chi connectivity index (χ4n) is 1.93. The molecule has 6 nitrogen and oxygen atoms in total. The van der Waals surface area contributed by atoms with Gasteiger partial charge in [-0.2, -0.15) is 0 Å². The van der Waals surface area contributed by atoms with E-state index in [2.05, 4.69) is 11.9 Å². The molecule has 1 atom stereocenters. The van der Waals surface area contributed by atoms with Crippen LogP contribution in [0.25, 0.3) is 0 Å². The van der Waals surface area contributed by atoms with E-state index in [4.69, 9.17) is 14.6 Å². The molecular weight excluding hydrogens is 274 g/mol. The van der Waals surface area contributed by atoms with Crippen molar-refractivity contribution in [3.8, 4) is 11.5 Å². The third-order valence-corrected chi connectivity index (χ3v) is 3.02. The molecule has 0 fully saturated rings. The van der Waals surface area contributed by atoms with Crippen molar-refractivity contribution in [1.82, 2.24) is 5.32 Å². The highest BCUT2D eigenvalue weighted by Crippen LogP contribution is 2.30. The minimum atomic E-state index is -1.10. The molecule has 1 aromatic carbocycles. The monoisotopic (exact) mass is 291 g/mol. The average molecular weight is 291 g/mol. The number of carboxylic acid groups (broad SMARTS) is 1. The summed E-state index contributed by atoms with van der Waals surface area (Å²) in [6.07, 6.45) is 2.38. The highest BCUT2D eigenvalue weighted by Gasteiger charge is 2.20. The third kappa shape index (κ3) is 3.75. The smallest absolute Gasteiger partial charge is 0.326 e. The van der Waals surface area contributed by atoms with Crippen LogP contribution in [0.4, 0.5) is 0 Å². The Morgan fingerprint density at radius 3 is 2.71 bits per heavy atom. The van der Waals surface area contributed by atoms with Crippen molar-refractivity contribution in [3.63, 3.8) is 0 Å². The Morgan fingerprint density at radius 1 is 1.33 bits per heavy atom. The van der Waals surface area contributed by atoms with E-state index in [0.717, 1.165) is 6.42 Å². The molecule has 0 bridgehead atoms. The molecule has 2 rings (SSSR count). The normalized spacial score (nSPS) is 14.7. The topological polar surface area (TPSA) is 84.9 Å². The molecule has 0 saturated heterocycles. The Kier molecular flexibility index (Phi) is 4.81. The van der Waals surface area contributed by atoms with Gasteiger partial charge < -0.3 is 19.9 Å². The summed E-state index contributed by atoms with van der Waals surface area (Å²) in [5.41, 5.74) is 0.328. The molecular formula is C15H17NO5. The van der Waals surface area contributed by atoms with Crippen LogP contribution in [0.1, 0.15) is 23.2 Å². The van der Waals surface area contributed by atoms with Gasteiger partial charge >= 0.3 is 5.97 Å². The van der Waals surface area contributed by atoms with E-state index in [-0.39, 0.29) is 6.42 Å². The van der Waals surface area contributed by atoms with Gasteiger partial charge in [-0.15, -0.1) is 6.58 Å². The Bertz CT molecular complexity index is 555. The van der Waals surface area contributed by atoms with Crippen molar-refractivity contribution in [2.75, 3.05) is 13.2 Å². The van der Waals surface area contributed by atoms with E-state index in [1.54, 1.807) is 18.2 Å². The van der Waals surface area contributed by atoms with Gasteiger partial charge in [-0.3, -0.25) is 4.79 Å². The molecule has 0 spiro atoms. The number of aliphatic carboxylic acids is 1. The first kappa shape index (κ1) is 14.9. The van der Waals surface area contributed by atoms with Crippen LogP contribution in [0.5, 0.6) is 11.5 Å². The highest BCUT2D eigenvalue weighted by atomic mass is 16.5. The number of benzene rings is 1. The lowest BCUT2D eigenvalue weighted by Gasteiger charge is -2.13. The summed E-state index contributed by atoms with van der Waals surface area (Å²) in [4.78, 5) is 23.1. The second-order valence-electron chi connectivity index (χ2n) is 4.60. The maximum absolute atomic E-state index is 12.1. The number of amides is 1. The van der Waals surface area contributed by atoms with Crippen LogP contribution >= 0.6 is 0 Å². The van der Waals surface area contributed by atoms with Crippen LogP contribution in [0, 0.1) is 0 Å². The van der Waals surface area contributed by atoms with Gasteiger partial charge in [-0.05, 0) is 24.6 Å². The number of ether oxygens (including phenoxy) is 2. The summed E-state index contributed by atoms with van der Waals surface area (Å²) in [6, 6.07) is 3.79. The van der Waals surface area contributed by atoms with Crippen LogP contribution in [0.15, 0.2) is 30.9 Å². The molecule has 112 valence electrons. The first-order valence-electron chi connectivity index (χ1n) is 6.66. The lowest BCUT2D eigenvalue weighted by molar-refractivity contribution is -0.139. The molecule has 1 heterocycles. The number of carbonyl (C=O) groups excluding carboxylic acids is 1. The zero-order chi connectivity index (χ0) is 15.2. The average Bonchev–Trinajstić information content (AvgIpc) is 2.70. The summed E-state index contributed by atoms with van der Waals surface area (Å²) in [5.74, 6) is -0.488. The van der Waals surface area contributed by atoms with Crippen molar-refractivity contribution < 1.29 is 24.2 Å². The van der Waals surface area contributed by atoms with Crippen LogP contribution in [0.2, 0.25) is 0 Å². The van der Waals surface area contributed by atoms with Gasteiger partial charge in [0.05, 0.1) is 13.2 Å². The van der Waals surface area contributed by atoms with Crippen molar-refractivity contribution in [1.29, 1.82) is 0 Å². The summed E-state index contributed by atoms with van der Waals surface area (Å²) >= 11 is 0. The minimum absolute atomic E-state index is 0.158.